The van der Waals surface area contributed by atoms with Crippen LogP contribution in [0.4, 0.5) is 4.79 Å². The molecule has 9 nitrogen and oxygen atoms in total. The molecule has 1 rings (SSSR count). The number of aryl methyl sites for hydroxylation is 1. The van der Waals surface area contributed by atoms with Crippen LogP contribution in [0.3, 0.4) is 0 Å². The number of urea groups is 1. The fourth-order valence-electron chi connectivity index (χ4n) is 1.30. The molecule has 1 aromatic heterocycles. The summed E-state index contributed by atoms with van der Waals surface area (Å²) in [6.07, 6.45) is 0.349. The Morgan fingerprint density at radius 1 is 1.24 bits per heavy atom. The smallest absolute Gasteiger partial charge is 0.331 e. The molecule has 0 bridgehead atoms. The van der Waals surface area contributed by atoms with E-state index in [4.69, 9.17) is 9.63 Å². The lowest BCUT2D eigenvalue weighted by Crippen LogP contribution is -2.41. The van der Waals surface area contributed by atoms with Crippen molar-refractivity contribution in [3.05, 3.63) is 22.9 Å². The van der Waals surface area contributed by atoms with E-state index in [0.29, 0.717) is 18.1 Å². The summed E-state index contributed by atoms with van der Waals surface area (Å²) in [5.41, 5.74) is -0.158. The van der Waals surface area contributed by atoms with Crippen LogP contribution in [0.25, 0.3) is 0 Å². The normalized spacial score (nSPS) is 11.6. The number of hydrogen-bond acceptors (Lipinski definition) is 6. The monoisotopic (exact) mass is 296 g/mol. The molecule has 0 aromatic carbocycles. The van der Waals surface area contributed by atoms with Crippen molar-refractivity contribution in [2.45, 2.75) is 27.2 Å². The average molecular weight is 296 g/mol. The molecule has 1 heterocycles. The van der Waals surface area contributed by atoms with Gasteiger partial charge in [-0.2, -0.15) is 4.98 Å². The summed E-state index contributed by atoms with van der Waals surface area (Å²) in [5, 5.41) is 16.9. The molecule has 0 radical (unpaired) electrons. The molecule has 21 heavy (non-hydrogen) atoms. The molecule has 0 unspecified atom stereocenters. The number of amides is 3. The second-order valence-corrected chi connectivity index (χ2v) is 4.24. The second kappa shape index (κ2) is 7.17. The second-order valence-electron chi connectivity index (χ2n) is 4.24. The number of hydrogen-bond donors (Lipinski definition) is 3. The first kappa shape index (κ1) is 16.3. The number of aliphatic carboxylic acids is 1. The van der Waals surface area contributed by atoms with Gasteiger partial charge in [0.2, 0.25) is 5.89 Å². The molecule has 0 fully saturated rings. The van der Waals surface area contributed by atoms with Crippen molar-refractivity contribution in [2.75, 3.05) is 6.54 Å². The van der Waals surface area contributed by atoms with Crippen molar-refractivity contribution in [3.8, 4) is 0 Å². The predicted molar refractivity (Wildman–Crippen MR) is 70.3 cm³/mol. The van der Waals surface area contributed by atoms with Crippen molar-refractivity contribution in [2.24, 2.45) is 0 Å². The van der Waals surface area contributed by atoms with E-state index in [1.807, 2.05) is 5.32 Å². The van der Waals surface area contributed by atoms with Gasteiger partial charge in [0.1, 0.15) is 0 Å². The van der Waals surface area contributed by atoms with Gasteiger partial charge in [-0.3, -0.25) is 10.1 Å². The zero-order valence-electron chi connectivity index (χ0n) is 11.9. The highest BCUT2D eigenvalue weighted by atomic mass is 16.5. The molecule has 0 aliphatic heterocycles. The molecule has 9 heteroatoms. The Labute approximate surface area is 120 Å². The molecule has 0 aliphatic carbocycles. The maximum atomic E-state index is 11.6. The van der Waals surface area contributed by atoms with Crippen molar-refractivity contribution in [3.63, 3.8) is 0 Å². The zero-order chi connectivity index (χ0) is 16.0. The van der Waals surface area contributed by atoms with Gasteiger partial charge in [-0.05, 0) is 13.8 Å². The van der Waals surface area contributed by atoms with Crippen LogP contribution in [0.1, 0.15) is 25.6 Å². The molecule has 0 aliphatic rings. The number of nitrogens with one attached hydrogen (secondary N) is 2. The van der Waals surface area contributed by atoms with Gasteiger partial charge >= 0.3 is 12.0 Å². The summed E-state index contributed by atoms with van der Waals surface area (Å²) in [6.45, 7) is 4.47. The van der Waals surface area contributed by atoms with Gasteiger partial charge in [-0.25, -0.2) is 9.59 Å². The third-order valence-electron chi connectivity index (χ3n) is 2.65. The van der Waals surface area contributed by atoms with E-state index >= 15 is 0 Å². The van der Waals surface area contributed by atoms with Crippen molar-refractivity contribution < 1.29 is 24.0 Å². The van der Waals surface area contributed by atoms with Gasteiger partial charge in [0.25, 0.3) is 5.91 Å². The molecule has 1 aromatic rings. The van der Waals surface area contributed by atoms with Crippen molar-refractivity contribution in [1.29, 1.82) is 0 Å². The summed E-state index contributed by atoms with van der Waals surface area (Å²) in [6, 6.07) is -0.724. The number of carbonyl (C=O) groups is 3. The topological polar surface area (TPSA) is 134 Å². The van der Waals surface area contributed by atoms with E-state index < -0.39 is 17.9 Å². The number of imide groups is 1. The molecule has 0 spiro atoms. The van der Waals surface area contributed by atoms with Gasteiger partial charge in [-0.15, -0.1) is 0 Å². The van der Waals surface area contributed by atoms with Crippen molar-refractivity contribution >= 4 is 17.9 Å². The van der Waals surface area contributed by atoms with Gasteiger partial charge in [-0.1, -0.05) is 5.16 Å². The number of aromatic nitrogens is 2. The lowest BCUT2D eigenvalue weighted by Gasteiger charge is -2.07. The Kier molecular flexibility index (Phi) is 5.58. The quantitative estimate of drug-likeness (QED) is 0.659. The number of nitrogens with zero attached hydrogens (tertiary/aromatic N) is 2. The molecule has 114 valence electrons. The van der Waals surface area contributed by atoms with Crippen LogP contribution in [-0.4, -0.2) is 39.7 Å². The van der Waals surface area contributed by atoms with E-state index in [-0.39, 0.29) is 17.7 Å². The fraction of sp³-hybridized carbons (Fsp3) is 0.417. The molecule has 0 saturated heterocycles. The summed E-state index contributed by atoms with van der Waals surface area (Å²) in [4.78, 5) is 37.7. The Balaban J connectivity index is 2.41. The van der Waals surface area contributed by atoms with E-state index in [2.05, 4.69) is 15.5 Å². The Morgan fingerprint density at radius 2 is 1.90 bits per heavy atom. The van der Waals surface area contributed by atoms with Crippen LogP contribution in [0.2, 0.25) is 0 Å². The summed E-state index contributed by atoms with van der Waals surface area (Å²) < 4.78 is 4.76. The summed E-state index contributed by atoms with van der Waals surface area (Å²) >= 11 is 0. The highest BCUT2D eigenvalue weighted by Crippen LogP contribution is 2.03. The number of carboxylic acids is 1. The SMILES string of the molecule is CC(C(=O)O)=C(C)C(=O)NC(=O)NCCc1noc(C)n1. The van der Waals surface area contributed by atoms with Gasteiger partial charge < -0.3 is 14.9 Å². The first-order chi connectivity index (χ1) is 9.81. The number of carbonyl (C=O) groups excluding carboxylic acids is 2. The molecule has 3 N–H and O–H groups in total. The minimum atomic E-state index is -1.21. The minimum absolute atomic E-state index is 0.0357. The molecule has 0 saturated carbocycles. The first-order valence-corrected chi connectivity index (χ1v) is 6.10. The van der Waals surface area contributed by atoms with E-state index in [9.17, 15) is 14.4 Å². The highest BCUT2D eigenvalue weighted by molar-refractivity contribution is 6.07. The van der Waals surface area contributed by atoms with Crippen LogP contribution >= 0.6 is 0 Å². The Hall–Kier alpha value is -2.71. The Bertz CT molecular complexity index is 590. The standard InChI is InChI=1S/C12H16N4O5/c1-6(7(2)11(18)19)10(17)15-12(20)13-5-4-9-14-8(3)21-16-9/h4-5H2,1-3H3,(H,18,19)(H2,13,15,17,20). The van der Waals surface area contributed by atoms with Gasteiger partial charge in [0, 0.05) is 31.0 Å². The highest BCUT2D eigenvalue weighted by Gasteiger charge is 2.15. The molecular formula is C12H16N4O5. The lowest BCUT2D eigenvalue weighted by molar-refractivity contribution is -0.133. The molecular weight excluding hydrogens is 280 g/mol. The number of rotatable bonds is 5. The van der Waals surface area contributed by atoms with Crippen molar-refractivity contribution in [1.82, 2.24) is 20.8 Å². The maximum Gasteiger partial charge on any atom is 0.331 e. The van der Waals surface area contributed by atoms with Gasteiger partial charge in [0.05, 0.1) is 0 Å². The number of carboxylic acid groups (broad SMARTS) is 1. The van der Waals surface area contributed by atoms with Crippen LogP contribution in [0.15, 0.2) is 15.7 Å². The first-order valence-electron chi connectivity index (χ1n) is 6.10. The molecule has 3 amide bonds. The average Bonchev–Trinajstić information content (AvgIpc) is 2.82. The van der Waals surface area contributed by atoms with Gasteiger partial charge in [0.15, 0.2) is 5.82 Å². The Morgan fingerprint density at radius 3 is 2.43 bits per heavy atom. The largest absolute Gasteiger partial charge is 0.478 e. The maximum absolute atomic E-state index is 11.6. The van der Waals surface area contributed by atoms with Crippen LogP contribution in [0.5, 0.6) is 0 Å². The third kappa shape index (κ3) is 5.05. The minimum Gasteiger partial charge on any atom is -0.478 e. The fourth-order valence-corrected chi connectivity index (χ4v) is 1.30. The van der Waals surface area contributed by atoms with E-state index in [1.54, 1.807) is 6.92 Å². The molecule has 0 atom stereocenters. The summed E-state index contributed by atoms with van der Waals surface area (Å²) in [7, 11) is 0. The summed E-state index contributed by atoms with van der Waals surface area (Å²) in [5.74, 6) is -1.11. The van der Waals surface area contributed by atoms with Crippen LogP contribution in [-0.2, 0) is 16.0 Å². The third-order valence-corrected chi connectivity index (χ3v) is 2.65. The van der Waals surface area contributed by atoms with E-state index in [1.165, 1.54) is 13.8 Å². The van der Waals surface area contributed by atoms with Crippen LogP contribution in [0, 0.1) is 6.92 Å². The lowest BCUT2D eigenvalue weighted by atomic mass is 10.1. The predicted octanol–water partition coefficient (Wildman–Crippen LogP) is 0.167. The zero-order valence-corrected chi connectivity index (χ0v) is 11.9. The van der Waals surface area contributed by atoms with Crippen LogP contribution < -0.4 is 10.6 Å². The van der Waals surface area contributed by atoms with E-state index in [0.717, 1.165) is 0 Å².